The Kier molecular flexibility index (Phi) is 5.93. The van der Waals surface area contributed by atoms with E-state index in [9.17, 15) is 0 Å². The van der Waals surface area contributed by atoms with Crippen LogP contribution >= 0.6 is 0 Å². The number of rotatable bonds is 6. The quantitative estimate of drug-likeness (QED) is 0.797. The lowest BCUT2D eigenvalue weighted by Gasteiger charge is -2.26. The zero-order valence-electron chi connectivity index (χ0n) is 12.5. The highest BCUT2D eigenvalue weighted by Gasteiger charge is 2.17. The number of nitrogens with one attached hydrogen (secondary N) is 1. The third-order valence-corrected chi connectivity index (χ3v) is 4.14. The van der Waals surface area contributed by atoms with Crippen LogP contribution in [0.4, 0.5) is 0 Å². The fourth-order valence-corrected chi connectivity index (χ4v) is 2.94. The summed E-state index contributed by atoms with van der Waals surface area (Å²) in [5.74, 6) is 1.10. The molecule has 1 heterocycles. The van der Waals surface area contributed by atoms with Gasteiger partial charge in [-0.3, -0.25) is 4.90 Å². The largest absolute Gasteiger partial charge is 0.468 e. The summed E-state index contributed by atoms with van der Waals surface area (Å²) in [6.45, 7) is 4.98. The van der Waals surface area contributed by atoms with Crippen molar-refractivity contribution in [3.8, 4) is 0 Å². The molecule has 1 N–H and O–H groups in total. The standard InChI is InChI=1S/C16H28N2O/c1-3-17-11-14-10-16(19-13-14)12-18(2)15-8-6-4-5-7-9-15/h10,13,15,17H,3-9,11-12H2,1-2H3. The van der Waals surface area contributed by atoms with Gasteiger partial charge in [-0.05, 0) is 32.5 Å². The summed E-state index contributed by atoms with van der Waals surface area (Å²) in [7, 11) is 2.24. The lowest BCUT2D eigenvalue weighted by molar-refractivity contribution is 0.198. The SMILES string of the molecule is CCNCc1coc(CN(C)C2CCCCCC2)c1. The molecule has 1 aliphatic carbocycles. The minimum absolute atomic E-state index is 0.741. The zero-order valence-corrected chi connectivity index (χ0v) is 12.5. The summed E-state index contributed by atoms with van der Waals surface area (Å²) in [5.41, 5.74) is 1.26. The highest BCUT2D eigenvalue weighted by atomic mass is 16.3. The molecule has 0 aromatic carbocycles. The first-order valence-electron chi connectivity index (χ1n) is 7.77. The second kappa shape index (κ2) is 7.71. The van der Waals surface area contributed by atoms with E-state index in [0.717, 1.165) is 31.4 Å². The maximum atomic E-state index is 5.67. The molecule has 0 saturated heterocycles. The van der Waals surface area contributed by atoms with Crippen molar-refractivity contribution in [2.75, 3.05) is 13.6 Å². The van der Waals surface area contributed by atoms with Crippen molar-refractivity contribution in [1.29, 1.82) is 0 Å². The molecule has 0 radical (unpaired) electrons. The van der Waals surface area contributed by atoms with Gasteiger partial charge < -0.3 is 9.73 Å². The van der Waals surface area contributed by atoms with Crippen LogP contribution in [-0.2, 0) is 13.1 Å². The monoisotopic (exact) mass is 264 g/mol. The molecule has 0 unspecified atom stereocenters. The Morgan fingerprint density at radius 1 is 1.26 bits per heavy atom. The van der Waals surface area contributed by atoms with Gasteiger partial charge in [-0.1, -0.05) is 32.6 Å². The third-order valence-electron chi connectivity index (χ3n) is 4.14. The first kappa shape index (κ1) is 14.6. The molecule has 0 atom stereocenters. The molecule has 1 aliphatic rings. The van der Waals surface area contributed by atoms with Gasteiger partial charge in [0.05, 0.1) is 12.8 Å². The van der Waals surface area contributed by atoms with Crippen LogP contribution in [0.3, 0.4) is 0 Å². The van der Waals surface area contributed by atoms with Gasteiger partial charge >= 0.3 is 0 Å². The molecule has 0 bridgehead atoms. The average Bonchev–Trinajstić information content (AvgIpc) is 2.68. The smallest absolute Gasteiger partial charge is 0.118 e. The second-order valence-corrected chi connectivity index (χ2v) is 5.76. The van der Waals surface area contributed by atoms with Gasteiger partial charge in [0.1, 0.15) is 5.76 Å². The van der Waals surface area contributed by atoms with Crippen LogP contribution in [0.1, 0.15) is 56.8 Å². The van der Waals surface area contributed by atoms with Gasteiger partial charge in [0.25, 0.3) is 0 Å². The molecule has 1 aromatic heterocycles. The Morgan fingerprint density at radius 2 is 2.00 bits per heavy atom. The number of hydrogen-bond donors (Lipinski definition) is 1. The van der Waals surface area contributed by atoms with E-state index in [0.29, 0.717) is 0 Å². The lowest BCUT2D eigenvalue weighted by Crippen LogP contribution is -2.30. The maximum absolute atomic E-state index is 5.67. The topological polar surface area (TPSA) is 28.4 Å². The number of furan rings is 1. The van der Waals surface area contributed by atoms with Gasteiger partial charge in [0.2, 0.25) is 0 Å². The molecular formula is C16H28N2O. The number of hydrogen-bond acceptors (Lipinski definition) is 3. The van der Waals surface area contributed by atoms with Gasteiger partial charge in [-0.25, -0.2) is 0 Å². The summed E-state index contributed by atoms with van der Waals surface area (Å²) >= 11 is 0. The summed E-state index contributed by atoms with van der Waals surface area (Å²) < 4.78 is 5.67. The highest BCUT2D eigenvalue weighted by molar-refractivity contribution is 5.12. The van der Waals surface area contributed by atoms with Crippen molar-refractivity contribution >= 4 is 0 Å². The molecule has 1 aromatic rings. The fraction of sp³-hybridized carbons (Fsp3) is 0.750. The first-order valence-corrected chi connectivity index (χ1v) is 7.77. The van der Waals surface area contributed by atoms with Crippen LogP contribution < -0.4 is 5.32 Å². The van der Waals surface area contributed by atoms with Crippen molar-refractivity contribution in [3.05, 3.63) is 23.7 Å². The first-order chi connectivity index (χ1) is 9.29. The lowest BCUT2D eigenvalue weighted by atomic mass is 10.1. The van der Waals surface area contributed by atoms with Crippen LogP contribution in [0, 0.1) is 0 Å². The molecular weight excluding hydrogens is 236 g/mol. The molecule has 1 fully saturated rings. The van der Waals surface area contributed by atoms with Crippen molar-refractivity contribution in [3.63, 3.8) is 0 Å². The normalized spacial score (nSPS) is 17.8. The maximum Gasteiger partial charge on any atom is 0.118 e. The Morgan fingerprint density at radius 3 is 2.68 bits per heavy atom. The highest BCUT2D eigenvalue weighted by Crippen LogP contribution is 2.22. The van der Waals surface area contributed by atoms with Crippen molar-refractivity contribution in [2.24, 2.45) is 0 Å². The average molecular weight is 264 g/mol. The zero-order chi connectivity index (χ0) is 13.5. The summed E-state index contributed by atoms with van der Waals surface area (Å²) in [6, 6.07) is 2.93. The van der Waals surface area contributed by atoms with E-state index in [-0.39, 0.29) is 0 Å². The molecule has 19 heavy (non-hydrogen) atoms. The molecule has 3 heteroatoms. The molecule has 3 nitrogen and oxygen atoms in total. The molecule has 1 saturated carbocycles. The van der Waals surface area contributed by atoms with Crippen LogP contribution in [0.2, 0.25) is 0 Å². The molecule has 2 rings (SSSR count). The van der Waals surface area contributed by atoms with Crippen LogP contribution in [0.25, 0.3) is 0 Å². The minimum Gasteiger partial charge on any atom is -0.468 e. The van der Waals surface area contributed by atoms with Crippen LogP contribution in [0.15, 0.2) is 16.7 Å². The van der Waals surface area contributed by atoms with E-state index >= 15 is 0 Å². The van der Waals surface area contributed by atoms with E-state index in [1.165, 1.54) is 44.1 Å². The summed E-state index contributed by atoms with van der Waals surface area (Å²) in [5, 5.41) is 3.33. The Bertz CT molecular complexity index is 353. The number of nitrogens with zero attached hydrogens (tertiary/aromatic N) is 1. The Labute approximate surface area is 117 Å². The van der Waals surface area contributed by atoms with E-state index in [1.54, 1.807) is 0 Å². The predicted octanol–water partition coefficient (Wildman–Crippen LogP) is 3.54. The fourth-order valence-electron chi connectivity index (χ4n) is 2.94. The van der Waals surface area contributed by atoms with Crippen molar-refractivity contribution < 1.29 is 4.42 Å². The predicted molar refractivity (Wildman–Crippen MR) is 79.0 cm³/mol. The molecule has 108 valence electrons. The molecule has 0 spiro atoms. The Balaban J connectivity index is 1.83. The van der Waals surface area contributed by atoms with E-state index in [4.69, 9.17) is 4.42 Å². The van der Waals surface area contributed by atoms with E-state index in [2.05, 4.69) is 30.3 Å². The minimum atomic E-state index is 0.741. The second-order valence-electron chi connectivity index (χ2n) is 5.76. The van der Waals surface area contributed by atoms with Crippen molar-refractivity contribution in [2.45, 2.75) is 64.6 Å². The summed E-state index contributed by atoms with van der Waals surface area (Å²) in [4.78, 5) is 2.47. The van der Waals surface area contributed by atoms with E-state index < -0.39 is 0 Å². The van der Waals surface area contributed by atoms with Gasteiger partial charge in [-0.2, -0.15) is 0 Å². The van der Waals surface area contributed by atoms with E-state index in [1.807, 2.05) is 6.26 Å². The van der Waals surface area contributed by atoms with Crippen LogP contribution in [0.5, 0.6) is 0 Å². The Hall–Kier alpha value is -0.800. The van der Waals surface area contributed by atoms with Gasteiger partial charge in [-0.15, -0.1) is 0 Å². The van der Waals surface area contributed by atoms with Gasteiger partial charge in [0, 0.05) is 18.2 Å². The molecule has 0 aliphatic heterocycles. The third kappa shape index (κ3) is 4.66. The van der Waals surface area contributed by atoms with Gasteiger partial charge in [0.15, 0.2) is 0 Å². The summed E-state index contributed by atoms with van der Waals surface area (Å²) in [6.07, 6.45) is 10.2. The van der Waals surface area contributed by atoms with Crippen LogP contribution in [-0.4, -0.2) is 24.5 Å². The van der Waals surface area contributed by atoms with Crippen molar-refractivity contribution in [1.82, 2.24) is 10.2 Å². The molecule has 0 amide bonds.